The zero-order valence-corrected chi connectivity index (χ0v) is 27.1. The van der Waals surface area contributed by atoms with E-state index in [1.54, 1.807) is 20.8 Å². The fourth-order valence-electron chi connectivity index (χ4n) is 3.01. The number of Topliss-reactive ketones (excluding diaryl/α,β-unsaturated/α-hetero) is 2. The summed E-state index contributed by atoms with van der Waals surface area (Å²) in [5.74, 6) is -1.19. The van der Waals surface area contributed by atoms with Gasteiger partial charge in [-0.25, -0.2) is 9.59 Å². The van der Waals surface area contributed by atoms with Crippen molar-refractivity contribution in [1.82, 2.24) is 16.0 Å². The molecule has 0 aromatic heterocycles. The zero-order valence-electron chi connectivity index (χ0n) is 27.1. The van der Waals surface area contributed by atoms with Gasteiger partial charge >= 0.3 is 12.2 Å². The summed E-state index contributed by atoms with van der Waals surface area (Å²) in [7, 11) is 0. The molecule has 10 heteroatoms. The monoisotopic (exact) mass is 581 g/mol. The van der Waals surface area contributed by atoms with Crippen molar-refractivity contribution >= 4 is 29.7 Å². The van der Waals surface area contributed by atoms with Gasteiger partial charge in [-0.05, 0) is 59.4 Å². The first-order valence-electron chi connectivity index (χ1n) is 14.6. The predicted octanol–water partition coefficient (Wildman–Crippen LogP) is 6.11. The Balaban J connectivity index is -0.00000225. The lowest BCUT2D eigenvalue weighted by Gasteiger charge is -2.24. The summed E-state index contributed by atoms with van der Waals surface area (Å²) in [5.41, 5.74) is 0.115. The molecular weight excluding hydrogens is 526 g/mol. The molecule has 0 aliphatic heterocycles. The first-order chi connectivity index (χ1) is 19.4. The Hall–Kier alpha value is -3.43. The topological polar surface area (TPSA) is 140 Å². The average molecular weight is 582 g/mol. The Morgan fingerprint density at radius 2 is 1.34 bits per heavy atom. The van der Waals surface area contributed by atoms with Gasteiger partial charge in [0, 0.05) is 13.0 Å². The second-order valence-corrected chi connectivity index (χ2v) is 9.26. The van der Waals surface area contributed by atoms with Crippen molar-refractivity contribution in [3.05, 3.63) is 35.9 Å². The van der Waals surface area contributed by atoms with E-state index < -0.39 is 35.8 Å². The molecule has 0 spiro atoms. The Labute approximate surface area is 247 Å². The maximum atomic E-state index is 12.8. The molecule has 0 fully saturated rings. The number of carbonyl (C=O) groups excluding carboxylic acids is 5. The standard InChI is InChI=1S/C25H37N3O7.3C2H6/c1-17(29)15-21(18(2)30)27-22(31)20(28-24(33)35-25(3,4)5)13-9-10-14-26-23(32)34-16-19-11-7-6-8-12-19;3*1-2/h6-8,11-12,20-21H,9-10,13-16H2,1-5H3,(H,26,32)(H,27,31)(H,28,33);3*1-2H3. The highest BCUT2D eigenvalue weighted by molar-refractivity contribution is 5.94. The summed E-state index contributed by atoms with van der Waals surface area (Å²) in [6, 6.07) is 7.33. The maximum absolute atomic E-state index is 12.8. The first kappa shape index (κ1) is 42.0. The van der Waals surface area contributed by atoms with Crippen LogP contribution in [0.5, 0.6) is 0 Å². The Kier molecular flexibility index (Phi) is 26.2. The third kappa shape index (κ3) is 24.1. The predicted molar refractivity (Wildman–Crippen MR) is 164 cm³/mol. The van der Waals surface area contributed by atoms with E-state index in [1.165, 1.54) is 13.8 Å². The van der Waals surface area contributed by atoms with Crippen LogP contribution in [0, 0.1) is 0 Å². The number of ether oxygens (including phenoxy) is 2. The van der Waals surface area contributed by atoms with Crippen molar-refractivity contribution in [1.29, 1.82) is 0 Å². The first-order valence-corrected chi connectivity index (χ1v) is 14.6. The number of nitrogens with one attached hydrogen (secondary N) is 3. The van der Waals surface area contributed by atoms with E-state index in [9.17, 15) is 24.0 Å². The van der Waals surface area contributed by atoms with E-state index in [2.05, 4.69) is 16.0 Å². The molecule has 1 rings (SSSR count). The molecule has 3 amide bonds. The number of carbonyl (C=O) groups is 5. The minimum Gasteiger partial charge on any atom is -0.445 e. The van der Waals surface area contributed by atoms with Crippen LogP contribution in [-0.4, -0.2) is 53.9 Å². The van der Waals surface area contributed by atoms with Crippen molar-refractivity contribution < 1.29 is 33.4 Å². The lowest BCUT2D eigenvalue weighted by Crippen LogP contribution is -2.52. The van der Waals surface area contributed by atoms with Crippen molar-refractivity contribution in [3.63, 3.8) is 0 Å². The van der Waals surface area contributed by atoms with Crippen LogP contribution in [0.2, 0.25) is 0 Å². The highest BCUT2D eigenvalue weighted by Gasteiger charge is 2.27. The van der Waals surface area contributed by atoms with Gasteiger partial charge in [0.1, 0.15) is 24.0 Å². The smallest absolute Gasteiger partial charge is 0.408 e. The van der Waals surface area contributed by atoms with Gasteiger partial charge in [0.25, 0.3) is 0 Å². The molecule has 1 aromatic carbocycles. The third-order valence-corrected chi connectivity index (χ3v) is 4.71. The molecule has 1 aromatic rings. The molecule has 0 aliphatic rings. The van der Waals surface area contributed by atoms with Gasteiger partial charge in [-0.15, -0.1) is 0 Å². The summed E-state index contributed by atoms with van der Waals surface area (Å²) in [5, 5.41) is 7.71. The number of alkyl carbamates (subject to hydrolysis) is 2. The van der Waals surface area contributed by atoms with E-state index in [-0.39, 0.29) is 31.0 Å². The van der Waals surface area contributed by atoms with Gasteiger partial charge in [-0.2, -0.15) is 0 Å². The lowest BCUT2D eigenvalue weighted by molar-refractivity contribution is -0.130. The molecule has 2 atom stereocenters. The molecule has 0 bridgehead atoms. The largest absolute Gasteiger partial charge is 0.445 e. The van der Waals surface area contributed by atoms with E-state index in [0.29, 0.717) is 19.4 Å². The Morgan fingerprint density at radius 1 is 0.780 bits per heavy atom. The molecule has 0 saturated heterocycles. The number of rotatable bonds is 13. The lowest BCUT2D eigenvalue weighted by atomic mass is 10.0. The van der Waals surface area contributed by atoms with Crippen LogP contribution in [0.15, 0.2) is 30.3 Å². The van der Waals surface area contributed by atoms with Crippen molar-refractivity contribution in [2.75, 3.05) is 6.54 Å². The number of hydrogen-bond acceptors (Lipinski definition) is 7. The van der Waals surface area contributed by atoms with Crippen LogP contribution in [0.4, 0.5) is 9.59 Å². The fraction of sp³-hybridized carbons (Fsp3) is 0.645. The highest BCUT2D eigenvalue weighted by atomic mass is 16.6. The van der Waals surface area contributed by atoms with E-state index in [4.69, 9.17) is 9.47 Å². The molecule has 236 valence electrons. The number of benzene rings is 1. The zero-order chi connectivity index (χ0) is 32.4. The molecular formula is C31H55N3O7. The number of unbranched alkanes of at least 4 members (excludes halogenated alkanes) is 1. The quantitative estimate of drug-likeness (QED) is 0.239. The SMILES string of the molecule is CC.CC.CC.CC(=O)CC(NC(=O)C(CCCCNC(=O)OCc1ccccc1)NC(=O)OC(C)(C)C)C(C)=O. The number of ketones is 2. The van der Waals surface area contributed by atoms with Gasteiger partial charge < -0.3 is 25.4 Å². The van der Waals surface area contributed by atoms with E-state index >= 15 is 0 Å². The van der Waals surface area contributed by atoms with Crippen LogP contribution in [0.3, 0.4) is 0 Å². The molecule has 0 aliphatic carbocycles. The summed E-state index contributed by atoms with van der Waals surface area (Å²) < 4.78 is 10.4. The van der Waals surface area contributed by atoms with Crippen LogP contribution in [-0.2, 0) is 30.5 Å². The molecule has 0 radical (unpaired) electrons. The second kappa shape index (κ2) is 25.5. The van der Waals surface area contributed by atoms with Crippen molar-refractivity contribution in [2.24, 2.45) is 0 Å². The number of amides is 3. The van der Waals surface area contributed by atoms with Crippen LogP contribution < -0.4 is 16.0 Å². The molecule has 10 nitrogen and oxygen atoms in total. The summed E-state index contributed by atoms with van der Waals surface area (Å²) in [4.78, 5) is 60.1. The van der Waals surface area contributed by atoms with Crippen molar-refractivity contribution in [3.8, 4) is 0 Å². The van der Waals surface area contributed by atoms with Crippen LogP contribution in [0.25, 0.3) is 0 Å². The summed E-state index contributed by atoms with van der Waals surface area (Å²) >= 11 is 0. The van der Waals surface area contributed by atoms with Gasteiger partial charge in [0.15, 0.2) is 5.78 Å². The van der Waals surface area contributed by atoms with Crippen molar-refractivity contribution in [2.45, 2.75) is 126 Å². The van der Waals surface area contributed by atoms with Gasteiger partial charge in [-0.1, -0.05) is 71.9 Å². The van der Waals surface area contributed by atoms with Gasteiger partial charge in [0.05, 0.1) is 6.04 Å². The molecule has 3 N–H and O–H groups in total. The van der Waals surface area contributed by atoms with Gasteiger partial charge in [0.2, 0.25) is 5.91 Å². The average Bonchev–Trinajstić information content (AvgIpc) is 2.93. The number of hydrogen-bond donors (Lipinski definition) is 3. The van der Waals surface area contributed by atoms with Gasteiger partial charge in [-0.3, -0.25) is 14.4 Å². The molecule has 2 unspecified atom stereocenters. The molecule has 41 heavy (non-hydrogen) atoms. The Morgan fingerprint density at radius 3 is 1.83 bits per heavy atom. The van der Waals surface area contributed by atoms with E-state index in [0.717, 1.165) is 5.56 Å². The molecule has 0 saturated carbocycles. The summed E-state index contributed by atoms with van der Waals surface area (Å²) in [6.45, 7) is 20.2. The highest BCUT2D eigenvalue weighted by Crippen LogP contribution is 2.09. The van der Waals surface area contributed by atoms with Crippen LogP contribution >= 0.6 is 0 Å². The summed E-state index contributed by atoms with van der Waals surface area (Å²) in [6.07, 6.45) is -0.227. The maximum Gasteiger partial charge on any atom is 0.408 e. The minimum absolute atomic E-state index is 0.130. The van der Waals surface area contributed by atoms with E-state index in [1.807, 2.05) is 71.9 Å². The second-order valence-electron chi connectivity index (χ2n) is 9.26. The minimum atomic E-state index is -0.983. The third-order valence-electron chi connectivity index (χ3n) is 4.71. The molecule has 0 heterocycles. The Bertz CT molecular complexity index is 868. The fourth-order valence-corrected chi connectivity index (χ4v) is 3.01. The normalized spacial score (nSPS) is 11.2. The van der Waals surface area contributed by atoms with Crippen LogP contribution in [0.1, 0.15) is 107 Å².